The first-order valence-corrected chi connectivity index (χ1v) is 7.69. The van der Waals surface area contributed by atoms with E-state index in [1.54, 1.807) is 12.1 Å². The molecule has 1 aliphatic rings. The molecule has 6 heteroatoms. The number of hydrogen-bond acceptors (Lipinski definition) is 4. The number of fused-ring (bicyclic) bond motifs is 1. The molecule has 0 saturated heterocycles. The quantitative estimate of drug-likeness (QED) is 0.850. The molecule has 0 aliphatic heterocycles. The highest BCUT2D eigenvalue weighted by atomic mass is 35.5. The van der Waals surface area contributed by atoms with Gasteiger partial charge in [-0.25, -0.2) is 14.4 Å². The van der Waals surface area contributed by atoms with Crippen LogP contribution < -0.4 is 11.1 Å². The summed E-state index contributed by atoms with van der Waals surface area (Å²) < 4.78 is 13.1. The van der Waals surface area contributed by atoms with Gasteiger partial charge in [-0.1, -0.05) is 12.1 Å². The molecule has 1 aromatic carbocycles. The minimum Gasteiger partial charge on any atom is -0.322 e. The van der Waals surface area contributed by atoms with Gasteiger partial charge in [0.1, 0.15) is 5.82 Å². The summed E-state index contributed by atoms with van der Waals surface area (Å²) in [5, 5.41) is 3.27. The Bertz CT molecular complexity index is 675. The number of benzene rings is 1. The summed E-state index contributed by atoms with van der Waals surface area (Å²) in [6, 6.07) is 6.34. The number of nitrogens with zero attached hydrogens (tertiary/aromatic N) is 2. The molecule has 0 amide bonds. The maximum Gasteiger partial charge on any atom is 0.222 e. The molecule has 1 aromatic heterocycles. The highest BCUT2D eigenvalue weighted by Crippen LogP contribution is 2.39. The molecule has 2 unspecified atom stereocenters. The summed E-state index contributed by atoms with van der Waals surface area (Å²) in [6.45, 7) is 0.626. The fourth-order valence-electron chi connectivity index (χ4n) is 3.10. The Morgan fingerprint density at radius 3 is 2.77 bits per heavy atom. The van der Waals surface area contributed by atoms with Gasteiger partial charge in [-0.15, -0.1) is 0 Å². The van der Waals surface area contributed by atoms with Crippen molar-refractivity contribution in [2.24, 2.45) is 5.73 Å². The second-order valence-corrected chi connectivity index (χ2v) is 5.89. The van der Waals surface area contributed by atoms with E-state index in [0.717, 1.165) is 35.4 Å². The Morgan fingerprint density at radius 1 is 1.36 bits per heavy atom. The van der Waals surface area contributed by atoms with Gasteiger partial charge in [-0.2, -0.15) is 0 Å². The minimum absolute atomic E-state index is 0.122. The van der Waals surface area contributed by atoms with Gasteiger partial charge < -0.3 is 11.1 Å². The van der Waals surface area contributed by atoms with Gasteiger partial charge in [0.05, 0.1) is 17.4 Å². The summed E-state index contributed by atoms with van der Waals surface area (Å²) in [5.41, 5.74) is 10.1. The maximum atomic E-state index is 13.1. The van der Waals surface area contributed by atoms with Gasteiger partial charge in [0.25, 0.3) is 0 Å². The third kappa shape index (κ3) is 2.84. The van der Waals surface area contributed by atoms with Crippen molar-refractivity contribution >= 4 is 11.6 Å². The third-order valence-corrected chi connectivity index (χ3v) is 4.27. The van der Waals surface area contributed by atoms with Crippen LogP contribution in [0.2, 0.25) is 5.28 Å². The van der Waals surface area contributed by atoms with Crippen LogP contribution in [0.4, 0.5) is 4.39 Å². The van der Waals surface area contributed by atoms with E-state index in [2.05, 4.69) is 15.3 Å². The second-order valence-electron chi connectivity index (χ2n) is 5.55. The lowest BCUT2D eigenvalue weighted by atomic mass is 9.96. The van der Waals surface area contributed by atoms with Crippen molar-refractivity contribution in [3.63, 3.8) is 0 Å². The predicted octanol–water partition coefficient (Wildman–Crippen LogP) is 2.57. The molecule has 0 spiro atoms. The predicted molar refractivity (Wildman–Crippen MR) is 84.5 cm³/mol. The monoisotopic (exact) mass is 320 g/mol. The smallest absolute Gasteiger partial charge is 0.222 e. The number of rotatable bonds is 4. The first-order valence-electron chi connectivity index (χ1n) is 7.32. The number of halogens is 2. The van der Waals surface area contributed by atoms with Crippen LogP contribution in [0.25, 0.3) is 0 Å². The average Bonchev–Trinajstić information content (AvgIpc) is 2.91. The van der Waals surface area contributed by atoms with Crippen molar-refractivity contribution in [2.45, 2.75) is 24.8 Å². The Hall–Kier alpha value is -1.56. The second kappa shape index (κ2) is 6.28. The van der Waals surface area contributed by atoms with E-state index in [1.807, 2.05) is 7.05 Å². The molecule has 0 bridgehead atoms. The minimum atomic E-state index is -0.237. The summed E-state index contributed by atoms with van der Waals surface area (Å²) >= 11 is 6.09. The Labute approximate surface area is 133 Å². The van der Waals surface area contributed by atoms with Gasteiger partial charge >= 0.3 is 0 Å². The summed E-state index contributed by atoms with van der Waals surface area (Å²) in [4.78, 5) is 8.76. The first kappa shape index (κ1) is 15.3. The van der Waals surface area contributed by atoms with Crippen LogP contribution in [-0.2, 0) is 6.42 Å². The van der Waals surface area contributed by atoms with E-state index in [4.69, 9.17) is 17.3 Å². The molecule has 1 aliphatic carbocycles. The zero-order valence-electron chi connectivity index (χ0n) is 12.3. The van der Waals surface area contributed by atoms with E-state index in [1.165, 1.54) is 12.1 Å². The van der Waals surface area contributed by atoms with Gasteiger partial charge in [0, 0.05) is 12.5 Å². The number of nitrogens with one attached hydrogen (secondary N) is 1. The highest BCUT2D eigenvalue weighted by molar-refractivity contribution is 6.28. The normalized spacial score (nSPS) is 18.3. The molecule has 2 atom stereocenters. The van der Waals surface area contributed by atoms with Gasteiger partial charge in [0.2, 0.25) is 5.28 Å². The summed E-state index contributed by atoms with van der Waals surface area (Å²) in [6.07, 6.45) is 1.77. The largest absolute Gasteiger partial charge is 0.322 e. The fraction of sp³-hybridized carbons (Fsp3) is 0.375. The molecule has 0 saturated carbocycles. The lowest BCUT2D eigenvalue weighted by Crippen LogP contribution is -2.26. The van der Waals surface area contributed by atoms with Crippen LogP contribution in [-0.4, -0.2) is 23.6 Å². The lowest BCUT2D eigenvalue weighted by Gasteiger charge is -2.16. The summed E-state index contributed by atoms with van der Waals surface area (Å²) in [7, 11) is 1.85. The third-order valence-electron chi connectivity index (χ3n) is 4.10. The fourth-order valence-corrected chi connectivity index (χ4v) is 3.28. The zero-order chi connectivity index (χ0) is 15.7. The van der Waals surface area contributed by atoms with E-state index < -0.39 is 0 Å². The molecule has 1 heterocycles. The number of nitrogens with two attached hydrogens (primary N) is 1. The molecular weight excluding hydrogens is 303 g/mol. The van der Waals surface area contributed by atoms with Gasteiger partial charge in [0.15, 0.2) is 0 Å². The number of likely N-dealkylation sites (N-methyl/N-ethyl adjacent to an activating group) is 1. The molecule has 2 aromatic rings. The molecule has 116 valence electrons. The number of hydrogen-bond donors (Lipinski definition) is 2. The van der Waals surface area contributed by atoms with Crippen molar-refractivity contribution in [1.82, 2.24) is 15.3 Å². The Balaban J connectivity index is 2.02. The number of aromatic nitrogens is 2. The van der Waals surface area contributed by atoms with Crippen LogP contribution in [0, 0.1) is 5.82 Å². The molecule has 22 heavy (non-hydrogen) atoms. The molecule has 0 fully saturated rings. The topological polar surface area (TPSA) is 63.8 Å². The van der Waals surface area contributed by atoms with E-state index in [0.29, 0.717) is 6.54 Å². The standard InChI is InChI=1S/C16H18ClFN4/c1-20-8-13(19)15-12-7-6-11(14(12)21-16(17)22-15)9-2-4-10(18)5-3-9/h2-5,11,13,20H,6-8,19H2,1H3. The molecule has 3 rings (SSSR count). The van der Waals surface area contributed by atoms with E-state index in [-0.39, 0.29) is 23.1 Å². The highest BCUT2D eigenvalue weighted by Gasteiger charge is 2.30. The lowest BCUT2D eigenvalue weighted by molar-refractivity contribution is 0.625. The van der Waals surface area contributed by atoms with Crippen LogP contribution in [0.15, 0.2) is 24.3 Å². The van der Waals surface area contributed by atoms with Crippen molar-refractivity contribution < 1.29 is 4.39 Å². The Kier molecular flexibility index (Phi) is 4.38. The SMILES string of the molecule is CNCC(N)c1nc(Cl)nc2c1CCC2c1ccc(F)cc1. The van der Waals surface area contributed by atoms with Crippen molar-refractivity contribution in [1.29, 1.82) is 0 Å². The molecule has 4 nitrogen and oxygen atoms in total. The van der Waals surface area contributed by atoms with Crippen LogP contribution in [0.3, 0.4) is 0 Å². The zero-order valence-corrected chi connectivity index (χ0v) is 13.1. The van der Waals surface area contributed by atoms with Crippen molar-refractivity contribution in [2.75, 3.05) is 13.6 Å². The van der Waals surface area contributed by atoms with Gasteiger partial charge in [-0.05, 0) is 54.7 Å². The molecule has 0 radical (unpaired) electrons. The molecular formula is C16H18ClFN4. The summed E-state index contributed by atoms with van der Waals surface area (Å²) in [5.74, 6) is -0.115. The first-order chi connectivity index (χ1) is 10.6. The van der Waals surface area contributed by atoms with Crippen LogP contribution in [0.1, 0.15) is 40.9 Å². The van der Waals surface area contributed by atoms with E-state index in [9.17, 15) is 4.39 Å². The average molecular weight is 321 g/mol. The van der Waals surface area contributed by atoms with Crippen molar-refractivity contribution in [3.05, 3.63) is 57.9 Å². The maximum absolute atomic E-state index is 13.1. The van der Waals surface area contributed by atoms with E-state index >= 15 is 0 Å². The van der Waals surface area contributed by atoms with Crippen LogP contribution >= 0.6 is 11.6 Å². The van der Waals surface area contributed by atoms with Gasteiger partial charge in [-0.3, -0.25) is 0 Å². The Morgan fingerprint density at radius 2 is 2.09 bits per heavy atom. The van der Waals surface area contributed by atoms with Crippen LogP contribution in [0.5, 0.6) is 0 Å². The van der Waals surface area contributed by atoms with Crippen molar-refractivity contribution in [3.8, 4) is 0 Å². The molecule has 3 N–H and O–H groups in total.